The number of imidazole rings is 1. The quantitative estimate of drug-likeness (QED) is 0.447. The van der Waals surface area contributed by atoms with Crippen LogP contribution in [-0.4, -0.2) is 25.8 Å². The molecule has 0 atom stereocenters. The Morgan fingerprint density at radius 3 is 2.52 bits per heavy atom. The predicted octanol–water partition coefficient (Wildman–Crippen LogP) is 4.82. The lowest BCUT2D eigenvalue weighted by Crippen LogP contribution is -2.05. The van der Waals surface area contributed by atoms with Crippen molar-refractivity contribution in [3.8, 4) is 34.0 Å². The molecule has 0 spiro atoms. The van der Waals surface area contributed by atoms with Crippen LogP contribution in [-0.2, 0) is 0 Å². The molecule has 5 rings (SSSR count). The molecule has 2 heterocycles. The molecule has 0 saturated carbocycles. The normalized spacial score (nSPS) is 11.3. The molecule has 7 nitrogen and oxygen atoms in total. The number of rotatable bonds is 5. The number of aromatic nitrogens is 4. The van der Waals surface area contributed by atoms with E-state index in [1.165, 1.54) is 0 Å². The molecular formula is C24H20N4O3. The van der Waals surface area contributed by atoms with Crippen molar-refractivity contribution in [1.82, 2.24) is 19.7 Å². The summed E-state index contributed by atoms with van der Waals surface area (Å²) in [6.45, 7) is 4.02. The maximum Gasteiger partial charge on any atom is 0.439 e. The lowest BCUT2D eigenvalue weighted by Gasteiger charge is -2.11. The van der Waals surface area contributed by atoms with Gasteiger partial charge in [0.05, 0.1) is 17.1 Å². The van der Waals surface area contributed by atoms with Gasteiger partial charge in [-0.3, -0.25) is 14.1 Å². The van der Waals surface area contributed by atoms with Gasteiger partial charge in [0.25, 0.3) is 0 Å². The van der Waals surface area contributed by atoms with Crippen LogP contribution in [0, 0.1) is 0 Å². The summed E-state index contributed by atoms with van der Waals surface area (Å²) < 4.78 is 12.4. The molecule has 0 amide bonds. The SMILES string of the molecule is CC(C)Oc1ccc(-c2cccc(-n3cnc4ccc(-c5noc(=O)[nH]5)cc43)c2)cc1. The summed E-state index contributed by atoms with van der Waals surface area (Å²) in [4.78, 5) is 18.4. The van der Waals surface area contributed by atoms with Gasteiger partial charge in [0.15, 0.2) is 5.82 Å². The molecule has 0 radical (unpaired) electrons. The van der Waals surface area contributed by atoms with Gasteiger partial charge in [0.2, 0.25) is 0 Å². The Morgan fingerprint density at radius 2 is 1.77 bits per heavy atom. The van der Waals surface area contributed by atoms with E-state index in [9.17, 15) is 4.79 Å². The van der Waals surface area contributed by atoms with Crippen LogP contribution in [0.25, 0.3) is 39.2 Å². The van der Waals surface area contributed by atoms with Crippen LogP contribution in [0.15, 0.2) is 82.4 Å². The summed E-state index contributed by atoms with van der Waals surface area (Å²) in [5.41, 5.74) is 5.66. The maximum absolute atomic E-state index is 11.3. The number of nitrogens with zero attached hydrogens (tertiary/aromatic N) is 3. The van der Waals surface area contributed by atoms with E-state index in [1.807, 2.05) is 60.9 Å². The Morgan fingerprint density at radius 1 is 0.968 bits per heavy atom. The molecule has 2 aromatic heterocycles. The van der Waals surface area contributed by atoms with Crippen LogP contribution in [0.5, 0.6) is 5.75 Å². The molecule has 0 unspecified atom stereocenters. The fourth-order valence-corrected chi connectivity index (χ4v) is 3.55. The summed E-state index contributed by atoms with van der Waals surface area (Å²) in [6, 6.07) is 22.0. The van der Waals surface area contributed by atoms with Crippen LogP contribution in [0.4, 0.5) is 0 Å². The van der Waals surface area contributed by atoms with Crippen LogP contribution in [0.3, 0.4) is 0 Å². The van der Waals surface area contributed by atoms with Gasteiger partial charge in [-0.1, -0.05) is 29.4 Å². The lowest BCUT2D eigenvalue weighted by atomic mass is 10.0. The second-order valence-corrected chi connectivity index (χ2v) is 7.50. The average Bonchev–Trinajstić information content (AvgIpc) is 3.40. The monoisotopic (exact) mass is 412 g/mol. The molecule has 0 saturated heterocycles. The first-order chi connectivity index (χ1) is 15.1. The molecule has 1 N–H and O–H groups in total. The Hall–Kier alpha value is -4.13. The predicted molar refractivity (Wildman–Crippen MR) is 118 cm³/mol. The summed E-state index contributed by atoms with van der Waals surface area (Å²) in [7, 11) is 0. The fourth-order valence-electron chi connectivity index (χ4n) is 3.55. The van der Waals surface area contributed by atoms with Crippen molar-refractivity contribution < 1.29 is 9.26 Å². The van der Waals surface area contributed by atoms with E-state index in [4.69, 9.17) is 4.74 Å². The van der Waals surface area contributed by atoms with E-state index in [2.05, 4.69) is 43.9 Å². The Labute approximate surface area is 177 Å². The smallest absolute Gasteiger partial charge is 0.439 e. The topological polar surface area (TPSA) is 85.9 Å². The number of benzene rings is 3. The standard InChI is InChI=1S/C24H20N4O3/c1-15(2)30-20-9-6-16(7-10-20)17-4-3-5-19(12-17)28-14-25-21-11-8-18(13-22(21)28)23-26-24(29)31-27-23/h3-15H,1-2H3,(H,26,27,29). The molecule has 7 heteroatoms. The van der Waals surface area contributed by atoms with Gasteiger partial charge >= 0.3 is 5.76 Å². The van der Waals surface area contributed by atoms with E-state index >= 15 is 0 Å². The Bertz CT molecular complexity index is 1410. The number of aromatic amines is 1. The van der Waals surface area contributed by atoms with Crippen molar-refractivity contribution in [3.05, 3.63) is 83.6 Å². The van der Waals surface area contributed by atoms with Crippen molar-refractivity contribution in [2.45, 2.75) is 20.0 Å². The zero-order valence-electron chi connectivity index (χ0n) is 17.1. The van der Waals surface area contributed by atoms with Gasteiger partial charge in [-0.15, -0.1) is 0 Å². The number of fused-ring (bicyclic) bond motifs is 1. The third-order valence-corrected chi connectivity index (χ3v) is 4.94. The fraction of sp³-hybridized carbons (Fsp3) is 0.125. The minimum absolute atomic E-state index is 0.142. The van der Waals surface area contributed by atoms with Crippen molar-refractivity contribution in [2.24, 2.45) is 0 Å². The van der Waals surface area contributed by atoms with Crippen LogP contribution in [0.2, 0.25) is 0 Å². The summed E-state index contributed by atoms with van der Waals surface area (Å²) in [5.74, 6) is 0.659. The highest BCUT2D eigenvalue weighted by Crippen LogP contribution is 2.28. The van der Waals surface area contributed by atoms with E-state index in [1.54, 1.807) is 6.33 Å². The highest BCUT2D eigenvalue weighted by molar-refractivity contribution is 5.82. The summed E-state index contributed by atoms with van der Waals surface area (Å²) in [6.07, 6.45) is 1.93. The number of H-pyrrole nitrogens is 1. The van der Waals surface area contributed by atoms with Crippen molar-refractivity contribution >= 4 is 11.0 Å². The summed E-state index contributed by atoms with van der Waals surface area (Å²) >= 11 is 0. The van der Waals surface area contributed by atoms with Crippen LogP contribution in [0.1, 0.15) is 13.8 Å². The van der Waals surface area contributed by atoms with Gasteiger partial charge in [0, 0.05) is 11.3 Å². The zero-order valence-corrected chi connectivity index (χ0v) is 17.1. The van der Waals surface area contributed by atoms with E-state index in [0.717, 1.165) is 39.2 Å². The number of nitrogens with one attached hydrogen (secondary N) is 1. The van der Waals surface area contributed by atoms with E-state index in [0.29, 0.717) is 5.82 Å². The van der Waals surface area contributed by atoms with Gasteiger partial charge in [-0.2, -0.15) is 0 Å². The van der Waals surface area contributed by atoms with Gasteiger partial charge in [0.1, 0.15) is 12.1 Å². The first kappa shape index (κ1) is 18.9. The van der Waals surface area contributed by atoms with E-state index < -0.39 is 5.76 Å². The number of hydrogen-bond acceptors (Lipinski definition) is 5. The average molecular weight is 412 g/mol. The molecule has 0 bridgehead atoms. The largest absolute Gasteiger partial charge is 0.491 e. The Balaban J connectivity index is 1.53. The highest BCUT2D eigenvalue weighted by atomic mass is 16.5. The number of hydrogen-bond donors (Lipinski definition) is 1. The molecule has 5 aromatic rings. The molecule has 154 valence electrons. The number of ether oxygens (including phenoxy) is 1. The molecule has 0 aliphatic heterocycles. The molecule has 3 aromatic carbocycles. The Kier molecular flexibility index (Phi) is 4.63. The second kappa shape index (κ2) is 7.60. The second-order valence-electron chi connectivity index (χ2n) is 7.50. The third kappa shape index (κ3) is 3.73. The highest BCUT2D eigenvalue weighted by Gasteiger charge is 2.10. The first-order valence-corrected chi connectivity index (χ1v) is 9.98. The van der Waals surface area contributed by atoms with Crippen LogP contribution < -0.4 is 10.5 Å². The molecule has 0 aliphatic carbocycles. The van der Waals surface area contributed by atoms with Crippen molar-refractivity contribution in [3.63, 3.8) is 0 Å². The minimum atomic E-state index is -0.582. The van der Waals surface area contributed by atoms with Gasteiger partial charge in [-0.05, 0) is 67.4 Å². The zero-order chi connectivity index (χ0) is 21.4. The third-order valence-electron chi connectivity index (χ3n) is 4.94. The van der Waals surface area contributed by atoms with Crippen LogP contribution >= 0.6 is 0 Å². The molecule has 31 heavy (non-hydrogen) atoms. The lowest BCUT2D eigenvalue weighted by molar-refractivity contribution is 0.242. The van der Waals surface area contributed by atoms with Crippen molar-refractivity contribution in [1.29, 1.82) is 0 Å². The minimum Gasteiger partial charge on any atom is -0.491 e. The maximum atomic E-state index is 11.3. The molecule has 0 aliphatic rings. The van der Waals surface area contributed by atoms with Crippen molar-refractivity contribution in [2.75, 3.05) is 0 Å². The first-order valence-electron chi connectivity index (χ1n) is 9.98. The van der Waals surface area contributed by atoms with Gasteiger partial charge < -0.3 is 4.74 Å². The molecular weight excluding hydrogens is 392 g/mol. The summed E-state index contributed by atoms with van der Waals surface area (Å²) in [5, 5.41) is 3.78. The van der Waals surface area contributed by atoms with E-state index in [-0.39, 0.29) is 6.10 Å². The van der Waals surface area contributed by atoms with Gasteiger partial charge in [-0.25, -0.2) is 9.78 Å². The molecule has 0 fully saturated rings.